The van der Waals surface area contributed by atoms with E-state index in [0.29, 0.717) is 12.3 Å². The molecule has 1 unspecified atom stereocenters. The third-order valence-corrected chi connectivity index (χ3v) is 3.10. The van der Waals surface area contributed by atoms with E-state index in [9.17, 15) is 5.11 Å². The van der Waals surface area contributed by atoms with Crippen molar-refractivity contribution in [3.63, 3.8) is 0 Å². The highest BCUT2D eigenvalue weighted by molar-refractivity contribution is 6.30. The molecule has 0 saturated heterocycles. The molecule has 0 spiro atoms. The van der Waals surface area contributed by atoms with Crippen LogP contribution in [0.3, 0.4) is 0 Å². The van der Waals surface area contributed by atoms with Gasteiger partial charge in [-0.25, -0.2) is 0 Å². The molecule has 2 N–H and O–H groups in total. The van der Waals surface area contributed by atoms with Crippen LogP contribution in [0.1, 0.15) is 32.8 Å². The summed E-state index contributed by atoms with van der Waals surface area (Å²) < 4.78 is 0. The molecule has 0 bridgehead atoms. The van der Waals surface area contributed by atoms with Gasteiger partial charge in [-0.05, 0) is 50.0 Å². The van der Waals surface area contributed by atoms with Gasteiger partial charge in [-0.3, -0.25) is 0 Å². The van der Waals surface area contributed by atoms with Gasteiger partial charge in [0.25, 0.3) is 0 Å². The second kappa shape index (κ2) is 7.13. The van der Waals surface area contributed by atoms with E-state index in [1.807, 2.05) is 31.2 Å². The first-order chi connectivity index (χ1) is 8.39. The second-order valence-corrected chi connectivity index (χ2v) is 6.09. The Balaban J connectivity index is 2.39. The summed E-state index contributed by atoms with van der Waals surface area (Å²) >= 11 is 5.94. The average molecular weight is 270 g/mol. The van der Waals surface area contributed by atoms with Crippen molar-refractivity contribution in [1.82, 2.24) is 5.32 Å². The van der Waals surface area contributed by atoms with Gasteiger partial charge in [-0.15, -0.1) is 0 Å². The number of aliphatic hydroxyl groups is 1. The van der Waals surface area contributed by atoms with Gasteiger partial charge in [0, 0.05) is 11.4 Å². The maximum absolute atomic E-state index is 10.3. The fourth-order valence-corrected chi connectivity index (χ4v) is 2.14. The molecule has 0 aliphatic heterocycles. The maximum atomic E-state index is 10.3. The molecule has 1 aromatic rings. The molecule has 102 valence electrons. The summed E-state index contributed by atoms with van der Waals surface area (Å²) in [5.74, 6) is 0.642. The number of benzene rings is 1. The van der Waals surface area contributed by atoms with E-state index in [2.05, 4.69) is 19.2 Å². The fourth-order valence-electron chi connectivity index (χ4n) is 1.92. The summed E-state index contributed by atoms with van der Waals surface area (Å²) in [4.78, 5) is 0. The Bertz CT molecular complexity index is 363. The summed E-state index contributed by atoms with van der Waals surface area (Å²) in [6, 6.07) is 7.69. The molecule has 0 aliphatic rings. The minimum Gasteiger partial charge on any atom is -0.390 e. The quantitative estimate of drug-likeness (QED) is 0.745. The van der Waals surface area contributed by atoms with E-state index < -0.39 is 5.60 Å². The minimum atomic E-state index is -0.686. The van der Waals surface area contributed by atoms with Crippen molar-refractivity contribution in [3.8, 4) is 0 Å². The van der Waals surface area contributed by atoms with Gasteiger partial charge in [0.15, 0.2) is 0 Å². The molecule has 0 radical (unpaired) electrons. The number of rotatable bonds is 7. The molecular weight excluding hydrogens is 246 g/mol. The maximum Gasteiger partial charge on any atom is 0.0672 e. The van der Waals surface area contributed by atoms with Crippen LogP contribution in [0.2, 0.25) is 5.02 Å². The average Bonchev–Trinajstić information content (AvgIpc) is 2.23. The van der Waals surface area contributed by atoms with Crippen molar-refractivity contribution in [2.24, 2.45) is 5.92 Å². The van der Waals surface area contributed by atoms with Gasteiger partial charge in [-0.1, -0.05) is 37.6 Å². The minimum absolute atomic E-state index is 0.636. The van der Waals surface area contributed by atoms with Crippen LogP contribution in [-0.2, 0) is 6.42 Å². The van der Waals surface area contributed by atoms with Crippen molar-refractivity contribution in [2.45, 2.75) is 39.2 Å². The normalized spacial score (nSPS) is 14.8. The predicted molar refractivity (Wildman–Crippen MR) is 78.1 cm³/mol. The summed E-state index contributed by atoms with van der Waals surface area (Å²) in [5.41, 5.74) is 0.394. The molecule has 0 fully saturated rings. The zero-order valence-electron chi connectivity index (χ0n) is 11.5. The standard InChI is InChI=1S/C15H24ClNO/c1-12(2)11-17-8-7-15(3,18)10-13-5-4-6-14(16)9-13/h4-6,9,12,17-18H,7-8,10-11H2,1-3H3. The zero-order valence-corrected chi connectivity index (χ0v) is 12.3. The number of hydrogen-bond donors (Lipinski definition) is 2. The van der Waals surface area contributed by atoms with Gasteiger partial charge in [0.2, 0.25) is 0 Å². The predicted octanol–water partition coefficient (Wildman–Crippen LogP) is 3.27. The van der Waals surface area contributed by atoms with Gasteiger partial charge in [0.1, 0.15) is 0 Å². The van der Waals surface area contributed by atoms with Crippen molar-refractivity contribution >= 4 is 11.6 Å². The number of nitrogens with one attached hydrogen (secondary N) is 1. The molecule has 0 aliphatic carbocycles. The first kappa shape index (κ1) is 15.5. The molecule has 1 rings (SSSR count). The second-order valence-electron chi connectivity index (χ2n) is 5.65. The SMILES string of the molecule is CC(C)CNCCC(C)(O)Cc1cccc(Cl)c1. The van der Waals surface area contributed by atoms with Crippen LogP contribution in [0, 0.1) is 5.92 Å². The van der Waals surface area contributed by atoms with Crippen LogP contribution < -0.4 is 5.32 Å². The Labute approximate surface area is 115 Å². The monoisotopic (exact) mass is 269 g/mol. The Kier molecular flexibility index (Phi) is 6.13. The number of halogens is 1. The number of hydrogen-bond acceptors (Lipinski definition) is 2. The molecule has 0 saturated carbocycles. The summed E-state index contributed by atoms with van der Waals surface area (Å²) in [5, 5.41) is 14.4. The lowest BCUT2D eigenvalue weighted by molar-refractivity contribution is 0.0514. The lowest BCUT2D eigenvalue weighted by Crippen LogP contribution is -2.33. The van der Waals surface area contributed by atoms with Gasteiger partial charge in [0.05, 0.1) is 5.60 Å². The molecule has 3 heteroatoms. The van der Waals surface area contributed by atoms with E-state index >= 15 is 0 Å². The molecule has 18 heavy (non-hydrogen) atoms. The molecule has 0 aromatic heterocycles. The third kappa shape index (κ3) is 6.39. The highest BCUT2D eigenvalue weighted by Crippen LogP contribution is 2.19. The Morgan fingerprint density at radius 2 is 2.11 bits per heavy atom. The van der Waals surface area contributed by atoms with Crippen molar-refractivity contribution in [3.05, 3.63) is 34.9 Å². The molecule has 0 heterocycles. The Morgan fingerprint density at radius 1 is 1.39 bits per heavy atom. The molecule has 0 amide bonds. The lowest BCUT2D eigenvalue weighted by Gasteiger charge is -2.24. The van der Waals surface area contributed by atoms with E-state index in [-0.39, 0.29) is 0 Å². The Hall–Kier alpha value is -0.570. The van der Waals surface area contributed by atoms with E-state index in [1.54, 1.807) is 0 Å². The largest absolute Gasteiger partial charge is 0.390 e. The van der Waals surface area contributed by atoms with Crippen LogP contribution in [0.15, 0.2) is 24.3 Å². The highest BCUT2D eigenvalue weighted by Gasteiger charge is 2.20. The lowest BCUT2D eigenvalue weighted by atomic mass is 9.93. The van der Waals surface area contributed by atoms with Gasteiger partial charge < -0.3 is 10.4 Å². The van der Waals surface area contributed by atoms with Gasteiger partial charge in [-0.2, -0.15) is 0 Å². The molecule has 2 nitrogen and oxygen atoms in total. The van der Waals surface area contributed by atoms with Gasteiger partial charge >= 0.3 is 0 Å². The van der Waals surface area contributed by atoms with Crippen LogP contribution in [0.4, 0.5) is 0 Å². The van der Waals surface area contributed by atoms with Crippen LogP contribution in [0.25, 0.3) is 0 Å². The summed E-state index contributed by atoms with van der Waals surface area (Å²) in [6.07, 6.45) is 1.38. The topological polar surface area (TPSA) is 32.3 Å². The fraction of sp³-hybridized carbons (Fsp3) is 0.600. The molecular formula is C15H24ClNO. The molecule has 1 atom stereocenters. The highest BCUT2D eigenvalue weighted by atomic mass is 35.5. The third-order valence-electron chi connectivity index (χ3n) is 2.87. The van der Waals surface area contributed by atoms with Crippen molar-refractivity contribution in [1.29, 1.82) is 0 Å². The first-order valence-corrected chi connectivity index (χ1v) is 6.94. The zero-order chi connectivity index (χ0) is 13.6. The van der Waals surface area contributed by atoms with E-state index in [1.165, 1.54) is 0 Å². The van der Waals surface area contributed by atoms with E-state index in [4.69, 9.17) is 11.6 Å². The first-order valence-electron chi connectivity index (χ1n) is 6.56. The van der Waals surface area contributed by atoms with E-state index in [0.717, 1.165) is 30.1 Å². The summed E-state index contributed by atoms with van der Waals surface area (Å²) in [7, 11) is 0. The smallest absolute Gasteiger partial charge is 0.0672 e. The van der Waals surface area contributed by atoms with Crippen LogP contribution >= 0.6 is 11.6 Å². The van der Waals surface area contributed by atoms with Crippen molar-refractivity contribution < 1.29 is 5.11 Å². The van der Waals surface area contributed by atoms with Crippen LogP contribution in [0.5, 0.6) is 0 Å². The van der Waals surface area contributed by atoms with Crippen LogP contribution in [-0.4, -0.2) is 23.8 Å². The summed E-state index contributed by atoms with van der Waals surface area (Å²) in [6.45, 7) is 8.07. The molecule has 1 aromatic carbocycles. The Morgan fingerprint density at radius 3 is 2.72 bits per heavy atom. The van der Waals surface area contributed by atoms with Crippen molar-refractivity contribution in [2.75, 3.05) is 13.1 Å².